The van der Waals surface area contributed by atoms with Gasteiger partial charge in [-0.2, -0.15) is 0 Å². The van der Waals surface area contributed by atoms with Crippen LogP contribution in [0.5, 0.6) is 11.5 Å². The van der Waals surface area contributed by atoms with Gasteiger partial charge in [0.05, 0.1) is 13.7 Å². The number of methoxy groups -OCH3 is 1. The van der Waals surface area contributed by atoms with E-state index in [1.165, 1.54) is 51.4 Å². The number of hydrogen-bond acceptors (Lipinski definition) is 5. The summed E-state index contributed by atoms with van der Waals surface area (Å²) in [5.74, 6) is 0.588. The second-order valence-corrected chi connectivity index (χ2v) is 7.41. The number of benzene rings is 1. The molecule has 1 rings (SSSR count). The maximum Gasteiger partial charge on any atom is 0.311 e. The maximum atomic E-state index is 11.8. The summed E-state index contributed by atoms with van der Waals surface area (Å²) >= 11 is 0. The van der Waals surface area contributed by atoms with E-state index in [4.69, 9.17) is 14.2 Å². The zero-order valence-electron chi connectivity index (χ0n) is 18.3. The van der Waals surface area contributed by atoms with Gasteiger partial charge >= 0.3 is 11.9 Å². The molecule has 1 aromatic rings. The first-order valence-electron chi connectivity index (χ1n) is 11.2. The predicted octanol–water partition coefficient (Wildman–Crippen LogP) is 6.24. The van der Waals surface area contributed by atoms with Crippen LogP contribution in [-0.4, -0.2) is 25.7 Å². The van der Waals surface area contributed by atoms with E-state index in [-0.39, 0.29) is 24.8 Å². The van der Waals surface area contributed by atoms with Gasteiger partial charge in [-0.05, 0) is 37.1 Å². The molecule has 0 aliphatic rings. The largest absolute Gasteiger partial charge is 0.497 e. The molecule has 0 saturated carbocycles. The van der Waals surface area contributed by atoms with Crippen molar-refractivity contribution in [1.29, 1.82) is 0 Å². The van der Waals surface area contributed by atoms with Gasteiger partial charge in [0.15, 0.2) is 0 Å². The first-order chi connectivity index (χ1) is 14.2. The van der Waals surface area contributed by atoms with Gasteiger partial charge in [-0.1, -0.05) is 64.7 Å². The zero-order valence-corrected chi connectivity index (χ0v) is 18.3. The molecule has 5 heteroatoms. The van der Waals surface area contributed by atoms with E-state index in [9.17, 15) is 9.59 Å². The monoisotopic (exact) mass is 406 g/mol. The first-order valence-corrected chi connectivity index (χ1v) is 11.2. The van der Waals surface area contributed by atoms with E-state index >= 15 is 0 Å². The Hall–Kier alpha value is -2.04. The Morgan fingerprint density at radius 1 is 0.690 bits per heavy atom. The Morgan fingerprint density at radius 2 is 1.21 bits per heavy atom. The highest BCUT2D eigenvalue weighted by Crippen LogP contribution is 2.17. The van der Waals surface area contributed by atoms with Crippen molar-refractivity contribution < 1.29 is 23.8 Å². The first kappa shape index (κ1) is 25.0. The number of carbonyl (C=O) groups excluding carboxylic acids is 2. The summed E-state index contributed by atoms with van der Waals surface area (Å²) in [6, 6.07) is 6.82. The van der Waals surface area contributed by atoms with Crippen LogP contribution in [0.4, 0.5) is 0 Å². The highest BCUT2D eigenvalue weighted by molar-refractivity contribution is 5.74. The molecular weight excluding hydrogens is 368 g/mol. The lowest BCUT2D eigenvalue weighted by molar-refractivity contribution is -0.144. The second kappa shape index (κ2) is 16.9. The Morgan fingerprint density at radius 3 is 1.79 bits per heavy atom. The van der Waals surface area contributed by atoms with Gasteiger partial charge < -0.3 is 14.2 Å². The minimum Gasteiger partial charge on any atom is -0.497 e. The summed E-state index contributed by atoms with van der Waals surface area (Å²) in [7, 11) is 1.58. The van der Waals surface area contributed by atoms with E-state index in [0.717, 1.165) is 12.8 Å². The van der Waals surface area contributed by atoms with Gasteiger partial charge in [-0.25, -0.2) is 0 Å². The molecule has 1 aromatic carbocycles. The number of unbranched alkanes of at least 4 members (excludes halogenated alkanes) is 9. The number of ether oxygens (including phenoxy) is 3. The molecule has 0 N–H and O–H groups in total. The summed E-state index contributed by atoms with van der Waals surface area (Å²) in [6.07, 6.45) is 13.4. The highest BCUT2D eigenvalue weighted by Gasteiger charge is 2.08. The van der Waals surface area contributed by atoms with Crippen molar-refractivity contribution in [3.05, 3.63) is 24.3 Å². The number of hydrogen-bond donors (Lipinski definition) is 0. The van der Waals surface area contributed by atoms with Crippen LogP contribution in [0.15, 0.2) is 24.3 Å². The lowest BCUT2D eigenvalue weighted by Crippen LogP contribution is -2.10. The van der Waals surface area contributed by atoms with Gasteiger partial charge in [0.1, 0.15) is 11.5 Å². The summed E-state index contributed by atoms with van der Waals surface area (Å²) < 4.78 is 15.5. The van der Waals surface area contributed by atoms with E-state index in [1.54, 1.807) is 31.4 Å². The molecular formula is C24H38O5. The van der Waals surface area contributed by atoms with Gasteiger partial charge in [-0.3, -0.25) is 9.59 Å². The summed E-state index contributed by atoms with van der Waals surface area (Å²) in [6.45, 7) is 2.72. The maximum absolute atomic E-state index is 11.8. The van der Waals surface area contributed by atoms with Crippen LogP contribution in [0.1, 0.15) is 90.4 Å². The Balaban J connectivity index is 1.93. The third-order valence-corrected chi connectivity index (χ3v) is 4.81. The van der Waals surface area contributed by atoms with Crippen molar-refractivity contribution in [2.45, 2.75) is 90.4 Å². The number of esters is 2. The van der Waals surface area contributed by atoms with Crippen molar-refractivity contribution in [3.63, 3.8) is 0 Å². The van der Waals surface area contributed by atoms with Crippen LogP contribution >= 0.6 is 0 Å². The number of carbonyl (C=O) groups is 2. The third kappa shape index (κ3) is 13.7. The Kier molecular flexibility index (Phi) is 14.5. The third-order valence-electron chi connectivity index (χ3n) is 4.81. The molecule has 0 fully saturated rings. The summed E-state index contributed by atoms with van der Waals surface area (Å²) in [5, 5.41) is 0. The summed E-state index contributed by atoms with van der Waals surface area (Å²) in [4.78, 5) is 23.5. The normalized spacial score (nSPS) is 10.6. The molecule has 5 nitrogen and oxygen atoms in total. The smallest absolute Gasteiger partial charge is 0.311 e. The second-order valence-electron chi connectivity index (χ2n) is 7.41. The average molecular weight is 407 g/mol. The van der Waals surface area contributed by atoms with Crippen LogP contribution in [0.25, 0.3) is 0 Å². The Labute approximate surface area is 176 Å². The lowest BCUT2D eigenvalue weighted by Gasteiger charge is -2.06. The topological polar surface area (TPSA) is 61.8 Å². The molecule has 0 radical (unpaired) electrons. The molecule has 29 heavy (non-hydrogen) atoms. The Bertz CT molecular complexity index is 553. The molecule has 0 aliphatic carbocycles. The van der Waals surface area contributed by atoms with Crippen LogP contribution in [-0.2, 0) is 14.3 Å². The van der Waals surface area contributed by atoms with Crippen molar-refractivity contribution in [1.82, 2.24) is 0 Å². The van der Waals surface area contributed by atoms with Gasteiger partial charge in [0.2, 0.25) is 0 Å². The van der Waals surface area contributed by atoms with Gasteiger partial charge in [0.25, 0.3) is 0 Å². The fourth-order valence-electron chi connectivity index (χ4n) is 3.05. The van der Waals surface area contributed by atoms with Crippen molar-refractivity contribution in [2.75, 3.05) is 13.7 Å². The molecule has 164 valence electrons. The minimum absolute atomic E-state index is 0.194. The van der Waals surface area contributed by atoms with Crippen LogP contribution in [0, 0.1) is 0 Å². The van der Waals surface area contributed by atoms with E-state index in [1.807, 2.05) is 0 Å². The standard InChI is InChI=1S/C24H38O5/c1-3-4-5-6-7-8-9-10-11-12-20-28-23(25)14-13-15-24(26)29-22-18-16-21(27-2)17-19-22/h16-19H,3-15,20H2,1-2H3. The average Bonchev–Trinajstić information content (AvgIpc) is 2.72. The van der Waals surface area contributed by atoms with Crippen molar-refractivity contribution in [2.24, 2.45) is 0 Å². The fraction of sp³-hybridized carbons (Fsp3) is 0.667. The van der Waals surface area contributed by atoms with E-state index < -0.39 is 0 Å². The SMILES string of the molecule is CCCCCCCCCCCCOC(=O)CCCC(=O)Oc1ccc(OC)cc1. The molecule has 0 bridgehead atoms. The fourth-order valence-corrected chi connectivity index (χ4v) is 3.05. The van der Waals surface area contributed by atoms with Gasteiger partial charge in [-0.15, -0.1) is 0 Å². The van der Waals surface area contributed by atoms with Crippen LogP contribution < -0.4 is 9.47 Å². The van der Waals surface area contributed by atoms with Crippen molar-refractivity contribution in [3.8, 4) is 11.5 Å². The van der Waals surface area contributed by atoms with Crippen LogP contribution in [0.3, 0.4) is 0 Å². The highest BCUT2D eigenvalue weighted by atomic mass is 16.5. The lowest BCUT2D eigenvalue weighted by atomic mass is 10.1. The molecule has 0 aliphatic heterocycles. The minimum atomic E-state index is -0.349. The quantitative estimate of drug-likeness (QED) is 0.174. The van der Waals surface area contributed by atoms with Gasteiger partial charge in [0, 0.05) is 12.8 Å². The molecule has 0 amide bonds. The number of rotatable bonds is 17. The molecule has 0 unspecified atom stereocenters. The molecule has 0 spiro atoms. The van der Waals surface area contributed by atoms with Crippen LogP contribution in [0.2, 0.25) is 0 Å². The van der Waals surface area contributed by atoms with E-state index in [2.05, 4.69) is 6.92 Å². The van der Waals surface area contributed by atoms with E-state index in [0.29, 0.717) is 24.5 Å². The summed E-state index contributed by atoms with van der Waals surface area (Å²) in [5.41, 5.74) is 0. The predicted molar refractivity (Wildman–Crippen MR) is 115 cm³/mol. The van der Waals surface area contributed by atoms with Crippen molar-refractivity contribution >= 4 is 11.9 Å². The molecule has 0 atom stereocenters. The zero-order chi connectivity index (χ0) is 21.2. The molecule has 0 saturated heterocycles. The molecule has 0 heterocycles. The molecule has 0 aromatic heterocycles.